The summed E-state index contributed by atoms with van der Waals surface area (Å²) in [5, 5.41) is 8.94. The smallest absolute Gasteiger partial charge is 0.236 e. The topological polar surface area (TPSA) is 49.8 Å². The van der Waals surface area contributed by atoms with E-state index in [0.29, 0.717) is 6.54 Å². The fraction of sp³-hybridized carbons (Fsp3) is 0.462. The first-order chi connectivity index (χ1) is 8.69. The van der Waals surface area contributed by atoms with Crippen LogP contribution in [0.25, 0.3) is 0 Å². The van der Waals surface area contributed by atoms with Crippen LogP contribution in [-0.4, -0.2) is 41.4 Å². The van der Waals surface area contributed by atoms with E-state index in [4.69, 9.17) is 9.84 Å². The van der Waals surface area contributed by atoms with Crippen LogP contribution in [0.3, 0.4) is 0 Å². The second-order valence-corrected chi connectivity index (χ2v) is 5.55. The third kappa shape index (κ3) is 2.33. The van der Waals surface area contributed by atoms with Crippen molar-refractivity contribution in [2.45, 2.75) is 17.5 Å². The molecule has 5 heteroatoms. The van der Waals surface area contributed by atoms with Crippen molar-refractivity contribution in [3.63, 3.8) is 0 Å². The van der Waals surface area contributed by atoms with Gasteiger partial charge in [0.15, 0.2) is 0 Å². The monoisotopic (exact) mass is 267 g/mol. The van der Waals surface area contributed by atoms with Crippen LogP contribution in [0.5, 0.6) is 5.75 Å². The Labute approximate surface area is 111 Å². The lowest BCUT2D eigenvalue weighted by molar-refractivity contribution is -0.130. The summed E-state index contributed by atoms with van der Waals surface area (Å²) < 4.78 is 5.34. The number of amides is 1. The first-order valence-corrected chi connectivity index (χ1v) is 6.83. The molecule has 0 radical (unpaired) electrons. The minimum absolute atomic E-state index is 0.0231. The summed E-state index contributed by atoms with van der Waals surface area (Å²) in [6.45, 7) is 2.23. The van der Waals surface area contributed by atoms with E-state index in [0.717, 1.165) is 11.3 Å². The Hall–Kier alpha value is -1.20. The number of hydrogen-bond acceptors (Lipinski definition) is 4. The van der Waals surface area contributed by atoms with Crippen LogP contribution in [0, 0.1) is 0 Å². The molecule has 98 valence electrons. The molecule has 1 aliphatic heterocycles. The van der Waals surface area contributed by atoms with Gasteiger partial charge in [0.25, 0.3) is 0 Å². The van der Waals surface area contributed by atoms with Gasteiger partial charge >= 0.3 is 0 Å². The summed E-state index contributed by atoms with van der Waals surface area (Å²) in [6, 6.07) is 7.69. The molecule has 18 heavy (non-hydrogen) atoms. The molecule has 0 saturated carbocycles. The number of β-amino-alcohol motifs (C(OH)–C–C–N with tert-alkyl or cyclic N) is 1. The van der Waals surface area contributed by atoms with Crippen LogP contribution < -0.4 is 4.74 Å². The molecule has 4 nitrogen and oxygen atoms in total. The molecule has 0 spiro atoms. The summed E-state index contributed by atoms with van der Waals surface area (Å²) in [4.78, 5) is 13.7. The van der Waals surface area contributed by atoms with E-state index in [1.165, 1.54) is 0 Å². The largest absolute Gasteiger partial charge is 0.496 e. The third-order valence-electron chi connectivity index (χ3n) is 2.99. The van der Waals surface area contributed by atoms with Gasteiger partial charge in [0.2, 0.25) is 5.91 Å². The quantitative estimate of drug-likeness (QED) is 0.901. The number of thioether (sulfide) groups is 1. The lowest BCUT2D eigenvalue weighted by Crippen LogP contribution is -2.32. The van der Waals surface area contributed by atoms with Gasteiger partial charge in [0.05, 0.1) is 19.0 Å². The van der Waals surface area contributed by atoms with Gasteiger partial charge in [0.1, 0.15) is 11.1 Å². The van der Waals surface area contributed by atoms with Crippen molar-refractivity contribution in [1.29, 1.82) is 0 Å². The second-order valence-electron chi connectivity index (χ2n) is 4.13. The molecule has 2 atom stereocenters. The Bertz CT molecular complexity index is 438. The normalized spacial score (nSPS) is 23.5. The van der Waals surface area contributed by atoms with Crippen molar-refractivity contribution >= 4 is 17.7 Å². The minimum atomic E-state index is -0.0773. The van der Waals surface area contributed by atoms with Gasteiger partial charge in [-0.1, -0.05) is 18.2 Å². The maximum absolute atomic E-state index is 12.0. The number of rotatable bonds is 4. The average Bonchev–Trinajstić information content (AvgIpc) is 2.67. The molecule has 1 aliphatic rings. The zero-order valence-electron chi connectivity index (χ0n) is 10.5. The molecule has 1 heterocycles. The number of carbonyl (C=O) groups is 1. The molecular formula is C13H17NO3S. The number of nitrogens with zero attached hydrogens (tertiary/aromatic N) is 1. The maximum Gasteiger partial charge on any atom is 0.236 e. The fourth-order valence-electron chi connectivity index (χ4n) is 2.12. The lowest BCUT2D eigenvalue weighted by atomic mass is 10.1. The summed E-state index contributed by atoms with van der Waals surface area (Å²) in [5.41, 5.74) is 0.983. The maximum atomic E-state index is 12.0. The number of aliphatic hydroxyl groups is 1. The van der Waals surface area contributed by atoms with E-state index in [1.807, 2.05) is 31.2 Å². The highest BCUT2D eigenvalue weighted by molar-refractivity contribution is 8.01. The predicted molar refractivity (Wildman–Crippen MR) is 71.6 cm³/mol. The molecule has 1 aromatic rings. The van der Waals surface area contributed by atoms with Gasteiger partial charge in [0, 0.05) is 12.1 Å². The van der Waals surface area contributed by atoms with Crippen LogP contribution in [0.2, 0.25) is 0 Å². The number of methoxy groups -OCH3 is 1. The van der Waals surface area contributed by atoms with E-state index in [1.54, 1.807) is 23.8 Å². The van der Waals surface area contributed by atoms with Gasteiger partial charge in [-0.15, -0.1) is 11.8 Å². The van der Waals surface area contributed by atoms with Crippen molar-refractivity contribution in [2.75, 3.05) is 20.3 Å². The zero-order valence-corrected chi connectivity index (χ0v) is 11.3. The first-order valence-electron chi connectivity index (χ1n) is 5.88. The van der Waals surface area contributed by atoms with Crippen molar-refractivity contribution < 1.29 is 14.6 Å². The molecule has 1 fully saturated rings. The molecule has 0 aliphatic carbocycles. The molecule has 2 rings (SSSR count). The van der Waals surface area contributed by atoms with Crippen molar-refractivity contribution in [1.82, 2.24) is 4.90 Å². The molecular weight excluding hydrogens is 250 g/mol. The Balaban J connectivity index is 2.33. The van der Waals surface area contributed by atoms with Crippen LogP contribution in [0.1, 0.15) is 17.9 Å². The van der Waals surface area contributed by atoms with Gasteiger partial charge in [-0.3, -0.25) is 4.79 Å². The minimum Gasteiger partial charge on any atom is -0.496 e. The number of hydrogen-bond donors (Lipinski definition) is 1. The van der Waals surface area contributed by atoms with E-state index in [-0.39, 0.29) is 23.1 Å². The predicted octanol–water partition coefficient (Wildman–Crippen LogP) is 1.65. The molecule has 0 bridgehead atoms. The molecule has 1 amide bonds. The van der Waals surface area contributed by atoms with E-state index in [9.17, 15) is 4.79 Å². The Morgan fingerprint density at radius 2 is 2.17 bits per heavy atom. The van der Waals surface area contributed by atoms with Crippen LogP contribution in [0.15, 0.2) is 24.3 Å². The lowest BCUT2D eigenvalue weighted by Gasteiger charge is -2.24. The van der Waals surface area contributed by atoms with Gasteiger partial charge in [-0.25, -0.2) is 0 Å². The van der Waals surface area contributed by atoms with Crippen molar-refractivity contribution in [3.8, 4) is 5.75 Å². The van der Waals surface area contributed by atoms with Crippen LogP contribution in [0.4, 0.5) is 0 Å². The Kier molecular flexibility index (Phi) is 4.14. The Morgan fingerprint density at radius 1 is 1.44 bits per heavy atom. The van der Waals surface area contributed by atoms with E-state index >= 15 is 0 Å². The van der Waals surface area contributed by atoms with E-state index in [2.05, 4.69) is 0 Å². The van der Waals surface area contributed by atoms with E-state index < -0.39 is 0 Å². The van der Waals surface area contributed by atoms with Crippen molar-refractivity contribution in [3.05, 3.63) is 29.8 Å². The highest BCUT2D eigenvalue weighted by Crippen LogP contribution is 2.45. The Morgan fingerprint density at radius 3 is 2.83 bits per heavy atom. The first kappa shape index (κ1) is 13.2. The number of para-hydroxylation sites is 1. The van der Waals surface area contributed by atoms with Crippen LogP contribution >= 0.6 is 11.8 Å². The highest BCUT2D eigenvalue weighted by atomic mass is 32.2. The molecule has 0 aromatic heterocycles. The van der Waals surface area contributed by atoms with Gasteiger partial charge in [-0.2, -0.15) is 0 Å². The summed E-state index contributed by atoms with van der Waals surface area (Å²) in [6.07, 6.45) is 0. The second kappa shape index (κ2) is 5.63. The summed E-state index contributed by atoms with van der Waals surface area (Å²) in [7, 11) is 1.63. The number of carbonyl (C=O) groups excluding carboxylic acids is 1. The highest BCUT2D eigenvalue weighted by Gasteiger charge is 2.39. The molecule has 0 unspecified atom stereocenters. The third-order valence-corrected chi connectivity index (χ3v) is 4.37. The number of ether oxygens (including phenoxy) is 1. The molecule has 1 aromatic carbocycles. The standard InChI is InChI=1S/C13H17NO3S/c1-9-12(16)14(7-8-15)13(18-9)10-5-3-4-6-11(10)17-2/h3-6,9,13,15H,7-8H2,1-2H3/t9-,13+/m0/s1. The van der Waals surface area contributed by atoms with Gasteiger partial charge < -0.3 is 14.7 Å². The number of aliphatic hydroxyl groups excluding tert-OH is 1. The van der Waals surface area contributed by atoms with Gasteiger partial charge in [-0.05, 0) is 13.0 Å². The van der Waals surface area contributed by atoms with Crippen LogP contribution in [-0.2, 0) is 4.79 Å². The summed E-state index contributed by atoms with van der Waals surface area (Å²) >= 11 is 1.59. The fourth-order valence-corrected chi connectivity index (χ4v) is 3.46. The van der Waals surface area contributed by atoms with Crippen molar-refractivity contribution in [2.24, 2.45) is 0 Å². The summed E-state index contributed by atoms with van der Waals surface area (Å²) in [5.74, 6) is 0.852. The number of benzene rings is 1. The molecule has 1 saturated heterocycles. The zero-order chi connectivity index (χ0) is 13.1. The average molecular weight is 267 g/mol. The SMILES string of the molecule is COc1ccccc1[C@H]1S[C@@H](C)C(=O)N1CCO. The molecule has 1 N–H and O–H groups in total.